The van der Waals surface area contributed by atoms with Gasteiger partial charge in [0.1, 0.15) is 5.75 Å². The molecule has 0 heterocycles. The maximum Gasteiger partial charge on any atom is 0.124 e. The number of hydrogen-bond donors (Lipinski definition) is 1. The number of benzene rings is 1. The summed E-state index contributed by atoms with van der Waals surface area (Å²) in [5.41, 5.74) is 9.37. The highest BCUT2D eigenvalue weighted by Crippen LogP contribution is 2.28. The molecular weight excluding hydrogens is 162 g/mol. The third-order valence-corrected chi connectivity index (χ3v) is 2.17. The minimum Gasteiger partial charge on any atom is -0.496 e. The minimum atomic E-state index is 0.0237. The first kappa shape index (κ1) is 10.1. The third-order valence-electron chi connectivity index (χ3n) is 2.17. The Hall–Kier alpha value is -1.02. The lowest BCUT2D eigenvalue weighted by atomic mass is 9.99. The fraction of sp³-hybridized carbons (Fsp3) is 0.455. The molecule has 72 valence electrons. The monoisotopic (exact) mass is 179 g/mol. The molecule has 0 aliphatic heterocycles. The molecule has 0 bridgehead atoms. The van der Waals surface area contributed by atoms with Crippen molar-refractivity contribution >= 4 is 0 Å². The van der Waals surface area contributed by atoms with Gasteiger partial charge in [0.25, 0.3) is 0 Å². The van der Waals surface area contributed by atoms with Crippen molar-refractivity contribution < 1.29 is 4.74 Å². The molecule has 1 rings (SSSR count). The first-order chi connectivity index (χ1) is 6.06. The Labute approximate surface area is 79.7 Å². The van der Waals surface area contributed by atoms with Gasteiger partial charge in [-0.05, 0) is 38.0 Å². The fourth-order valence-corrected chi connectivity index (χ4v) is 1.69. The molecule has 2 N–H and O–H groups in total. The molecule has 0 fully saturated rings. The Morgan fingerprint density at radius 2 is 1.92 bits per heavy atom. The van der Waals surface area contributed by atoms with Crippen molar-refractivity contribution in [1.29, 1.82) is 0 Å². The average molecular weight is 179 g/mol. The molecule has 0 saturated heterocycles. The van der Waals surface area contributed by atoms with Crippen molar-refractivity contribution in [3.05, 3.63) is 28.8 Å². The molecule has 1 atom stereocenters. The number of aryl methyl sites for hydroxylation is 2. The van der Waals surface area contributed by atoms with Crippen LogP contribution in [0.4, 0.5) is 0 Å². The predicted molar refractivity (Wildman–Crippen MR) is 55.1 cm³/mol. The molecule has 1 aromatic rings. The zero-order chi connectivity index (χ0) is 10.0. The normalized spacial score (nSPS) is 12.7. The van der Waals surface area contributed by atoms with Crippen molar-refractivity contribution in [2.24, 2.45) is 5.73 Å². The first-order valence-electron chi connectivity index (χ1n) is 4.47. The summed E-state index contributed by atoms with van der Waals surface area (Å²) in [5.74, 6) is 0.896. The van der Waals surface area contributed by atoms with E-state index in [0.717, 1.165) is 11.3 Å². The summed E-state index contributed by atoms with van der Waals surface area (Å²) in [6.45, 7) is 6.09. The Morgan fingerprint density at radius 1 is 1.31 bits per heavy atom. The van der Waals surface area contributed by atoms with Crippen LogP contribution in [0.15, 0.2) is 12.1 Å². The van der Waals surface area contributed by atoms with Gasteiger partial charge in [-0.1, -0.05) is 6.07 Å². The lowest BCUT2D eigenvalue weighted by Gasteiger charge is -2.15. The van der Waals surface area contributed by atoms with Gasteiger partial charge in [0.15, 0.2) is 0 Å². The van der Waals surface area contributed by atoms with Crippen LogP contribution in [0.2, 0.25) is 0 Å². The Bertz CT molecular complexity index is 305. The summed E-state index contributed by atoms with van der Waals surface area (Å²) < 4.78 is 5.29. The Morgan fingerprint density at radius 3 is 2.38 bits per heavy atom. The SMILES string of the molecule is COc1cc(C)cc(C)c1[C@H](C)N. The van der Waals surface area contributed by atoms with Gasteiger partial charge in [0.05, 0.1) is 7.11 Å². The van der Waals surface area contributed by atoms with Crippen LogP contribution in [-0.4, -0.2) is 7.11 Å². The van der Waals surface area contributed by atoms with Gasteiger partial charge in [0.2, 0.25) is 0 Å². The van der Waals surface area contributed by atoms with E-state index in [1.54, 1.807) is 7.11 Å². The standard InChI is InChI=1S/C11H17NO/c1-7-5-8(2)11(9(3)12)10(6-7)13-4/h5-6,9H,12H2,1-4H3/t9-/m0/s1. The molecule has 0 amide bonds. The van der Waals surface area contributed by atoms with Crippen LogP contribution in [0.1, 0.15) is 29.7 Å². The van der Waals surface area contributed by atoms with Gasteiger partial charge in [-0.15, -0.1) is 0 Å². The van der Waals surface area contributed by atoms with Crippen LogP contribution in [-0.2, 0) is 0 Å². The van der Waals surface area contributed by atoms with Gasteiger partial charge in [-0.25, -0.2) is 0 Å². The lowest BCUT2D eigenvalue weighted by molar-refractivity contribution is 0.406. The van der Waals surface area contributed by atoms with E-state index in [1.165, 1.54) is 11.1 Å². The summed E-state index contributed by atoms with van der Waals surface area (Å²) in [7, 11) is 1.68. The number of hydrogen-bond acceptors (Lipinski definition) is 2. The third kappa shape index (κ3) is 2.01. The van der Waals surface area contributed by atoms with E-state index in [0.29, 0.717) is 0 Å². The molecule has 0 aromatic heterocycles. The predicted octanol–water partition coefficient (Wildman–Crippen LogP) is 2.33. The topological polar surface area (TPSA) is 35.2 Å². The van der Waals surface area contributed by atoms with E-state index in [4.69, 9.17) is 10.5 Å². The number of nitrogens with two attached hydrogens (primary N) is 1. The van der Waals surface area contributed by atoms with Crippen LogP contribution in [0, 0.1) is 13.8 Å². The summed E-state index contributed by atoms with van der Waals surface area (Å²) in [5, 5.41) is 0. The summed E-state index contributed by atoms with van der Waals surface area (Å²) in [6.07, 6.45) is 0. The van der Waals surface area contributed by atoms with Crippen molar-refractivity contribution in [1.82, 2.24) is 0 Å². The van der Waals surface area contributed by atoms with Gasteiger partial charge < -0.3 is 10.5 Å². The molecule has 13 heavy (non-hydrogen) atoms. The summed E-state index contributed by atoms with van der Waals surface area (Å²) in [4.78, 5) is 0. The van der Waals surface area contributed by atoms with Crippen LogP contribution >= 0.6 is 0 Å². The second-order valence-electron chi connectivity index (χ2n) is 3.49. The number of methoxy groups -OCH3 is 1. The summed E-state index contributed by atoms with van der Waals surface area (Å²) in [6, 6.07) is 4.17. The fourth-order valence-electron chi connectivity index (χ4n) is 1.69. The lowest BCUT2D eigenvalue weighted by Crippen LogP contribution is -2.09. The minimum absolute atomic E-state index is 0.0237. The van der Waals surface area contributed by atoms with Crippen molar-refractivity contribution in [2.45, 2.75) is 26.8 Å². The Kier molecular flexibility index (Phi) is 2.94. The molecule has 2 nitrogen and oxygen atoms in total. The smallest absolute Gasteiger partial charge is 0.124 e. The van der Waals surface area contributed by atoms with Crippen molar-refractivity contribution in [2.75, 3.05) is 7.11 Å². The zero-order valence-electron chi connectivity index (χ0n) is 8.72. The van der Waals surface area contributed by atoms with Crippen LogP contribution in [0.3, 0.4) is 0 Å². The highest BCUT2D eigenvalue weighted by atomic mass is 16.5. The summed E-state index contributed by atoms with van der Waals surface area (Å²) >= 11 is 0. The van der Waals surface area contributed by atoms with E-state index >= 15 is 0 Å². The molecule has 0 spiro atoms. The second kappa shape index (κ2) is 3.79. The van der Waals surface area contributed by atoms with Crippen molar-refractivity contribution in [3.8, 4) is 5.75 Å². The average Bonchev–Trinajstić information content (AvgIpc) is 2.01. The van der Waals surface area contributed by atoms with Crippen molar-refractivity contribution in [3.63, 3.8) is 0 Å². The van der Waals surface area contributed by atoms with Gasteiger partial charge in [-0.3, -0.25) is 0 Å². The molecule has 0 saturated carbocycles. The Balaban J connectivity index is 3.30. The second-order valence-corrected chi connectivity index (χ2v) is 3.49. The number of rotatable bonds is 2. The molecule has 0 unspecified atom stereocenters. The largest absolute Gasteiger partial charge is 0.496 e. The first-order valence-corrected chi connectivity index (χ1v) is 4.47. The quantitative estimate of drug-likeness (QED) is 0.756. The molecule has 0 aliphatic carbocycles. The van der Waals surface area contributed by atoms with E-state index in [2.05, 4.69) is 19.9 Å². The number of ether oxygens (including phenoxy) is 1. The molecule has 0 aliphatic rings. The molecule has 2 heteroatoms. The van der Waals surface area contributed by atoms with Crippen LogP contribution in [0.25, 0.3) is 0 Å². The van der Waals surface area contributed by atoms with E-state index < -0.39 is 0 Å². The van der Waals surface area contributed by atoms with Crippen LogP contribution in [0.5, 0.6) is 5.75 Å². The molecular formula is C11H17NO. The molecule has 1 aromatic carbocycles. The van der Waals surface area contributed by atoms with E-state index in [-0.39, 0.29) is 6.04 Å². The van der Waals surface area contributed by atoms with Gasteiger partial charge >= 0.3 is 0 Å². The molecule has 0 radical (unpaired) electrons. The van der Waals surface area contributed by atoms with E-state index in [1.807, 2.05) is 13.0 Å². The van der Waals surface area contributed by atoms with Gasteiger partial charge in [0, 0.05) is 11.6 Å². The highest BCUT2D eigenvalue weighted by molar-refractivity contribution is 5.44. The highest BCUT2D eigenvalue weighted by Gasteiger charge is 2.10. The zero-order valence-corrected chi connectivity index (χ0v) is 8.72. The maximum absolute atomic E-state index is 5.86. The van der Waals surface area contributed by atoms with E-state index in [9.17, 15) is 0 Å². The van der Waals surface area contributed by atoms with Gasteiger partial charge in [-0.2, -0.15) is 0 Å². The van der Waals surface area contributed by atoms with Crippen LogP contribution < -0.4 is 10.5 Å². The maximum atomic E-state index is 5.86.